The van der Waals surface area contributed by atoms with E-state index in [1.165, 1.54) is 11.3 Å². The van der Waals surface area contributed by atoms with Crippen molar-refractivity contribution in [2.24, 2.45) is 5.41 Å². The van der Waals surface area contributed by atoms with Crippen LogP contribution in [0.15, 0.2) is 17.5 Å². The number of anilines is 1. The number of carbonyl (C=O) groups is 1. The van der Waals surface area contributed by atoms with Gasteiger partial charge in [-0.05, 0) is 29.3 Å². The predicted octanol–water partition coefficient (Wildman–Crippen LogP) is 2.67. The van der Waals surface area contributed by atoms with E-state index in [9.17, 15) is 9.90 Å². The standard InChI is InChI=1S/C12H20N2O2S/c1-12(2,3)9(15)6-7-13-11(16)14-10-5-4-8-17-10/h4-5,8-9,15H,6-7H2,1-3H3,(H2,13,14,16). The molecule has 2 amide bonds. The van der Waals surface area contributed by atoms with Crippen molar-refractivity contribution in [3.05, 3.63) is 17.5 Å². The third-order valence-electron chi connectivity index (χ3n) is 2.46. The summed E-state index contributed by atoms with van der Waals surface area (Å²) in [5.74, 6) is 0. The predicted molar refractivity (Wildman–Crippen MR) is 71.4 cm³/mol. The Hall–Kier alpha value is -1.07. The molecule has 0 aliphatic rings. The van der Waals surface area contributed by atoms with E-state index in [-0.39, 0.29) is 11.4 Å². The van der Waals surface area contributed by atoms with Gasteiger partial charge in [-0.2, -0.15) is 0 Å². The Bertz CT molecular complexity index is 344. The number of thiophene rings is 1. The summed E-state index contributed by atoms with van der Waals surface area (Å²) in [7, 11) is 0. The van der Waals surface area contributed by atoms with Crippen LogP contribution in [0.5, 0.6) is 0 Å². The topological polar surface area (TPSA) is 61.4 Å². The number of carbonyl (C=O) groups excluding carboxylic acids is 1. The highest BCUT2D eigenvalue weighted by Crippen LogP contribution is 2.21. The van der Waals surface area contributed by atoms with Gasteiger partial charge in [-0.1, -0.05) is 20.8 Å². The van der Waals surface area contributed by atoms with Crippen LogP contribution in [0.25, 0.3) is 0 Å². The molecule has 17 heavy (non-hydrogen) atoms. The van der Waals surface area contributed by atoms with Gasteiger partial charge in [0.1, 0.15) is 0 Å². The largest absolute Gasteiger partial charge is 0.393 e. The van der Waals surface area contributed by atoms with E-state index < -0.39 is 6.10 Å². The minimum atomic E-state index is -0.412. The highest BCUT2D eigenvalue weighted by Gasteiger charge is 2.21. The van der Waals surface area contributed by atoms with Gasteiger partial charge in [-0.3, -0.25) is 5.32 Å². The molecule has 3 N–H and O–H groups in total. The molecule has 0 saturated carbocycles. The van der Waals surface area contributed by atoms with Gasteiger partial charge in [0.15, 0.2) is 0 Å². The van der Waals surface area contributed by atoms with Crippen LogP contribution in [0, 0.1) is 5.41 Å². The van der Waals surface area contributed by atoms with Crippen LogP contribution in [0.3, 0.4) is 0 Å². The first kappa shape index (κ1) is 14.0. The van der Waals surface area contributed by atoms with Gasteiger partial charge in [0, 0.05) is 6.54 Å². The lowest BCUT2D eigenvalue weighted by Crippen LogP contribution is -2.34. The maximum absolute atomic E-state index is 11.4. The summed E-state index contributed by atoms with van der Waals surface area (Å²) in [6.07, 6.45) is 0.144. The monoisotopic (exact) mass is 256 g/mol. The van der Waals surface area contributed by atoms with Gasteiger partial charge >= 0.3 is 6.03 Å². The molecule has 0 aromatic carbocycles. The zero-order valence-electron chi connectivity index (χ0n) is 10.5. The molecule has 1 unspecified atom stereocenters. The molecule has 1 atom stereocenters. The normalized spacial score (nSPS) is 13.2. The van der Waals surface area contributed by atoms with Gasteiger partial charge in [0.25, 0.3) is 0 Å². The highest BCUT2D eigenvalue weighted by atomic mass is 32.1. The molecule has 0 aliphatic heterocycles. The number of hydrogen-bond donors (Lipinski definition) is 3. The Labute approximate surface area is 106 Å². The van der Waals surface area contributed by atoms with Gasteiger partial charge < -0.3 is 10.4 Å². The zero-order chi connectivity index (χ0) is 12.9. The highest BCUT2D eigenvalue weighted by molar-refractivity contribution is 7.14. The Morgan fingerprint density at radius 2 is 2.24 bits per heavy atom. The molecule has 0 radical (unpaired) electrons. The van der Waals surface area contributed by atoms with E-state index in [0.29, 0.717) is 13.0 Å². The zero-order valence-corrected chi connectivity index (χ0v) is 11.3. The average molecular weight is 256 g/mol. The van der Waals surface area contributed by atoms with Crippen molar-refractivity contribution in [1.82, 2.24) is 5.32 Å². The van der Waals surface area contributed by atoms with Crippen LogP contribution in [0.2, 0.25) is 0 Å². The van der Waals surface area contributed by atoms with Crippen LogP contribution in [-0.4, -0.2) is 23.8 Å². The van der Waals surface area contributed by atoms with E-state index in [1.54, 1.807) is 0 Å². The summed E-state index contributed by atoms with van der Waals surface area (Å²) in [6, 6.07) is 3.49. The number of aliphatic hydroxyl groups excluding tert-OH is 1. The summed E-state index contributed by atoms with van der Waals surface area (Å²) >= 11 is 1.47. The van der Waals surface area contributed by atoms with E-state index in [0.717, 1.165) is 5.00 Å². The van der Waals surface area contributed by atoms with Gasteiger partial charge in [0.2, 0.25) is 0 Å². The molecule has 96 valence electrons. The first-order chi connectivity index (χ1) is 7.89. The van der Waals surface area contributed by atoms with E-state index in [1.807, 2.05) is 38.3 Å². The van der Waals surface area contributed by atoms with Crippen LogP contribution < -0.4 is 10.6 Å². The summed E-state index contributed by atoms with van der Waals surface area (Å²) in [6.45, 7) is 6.39. The van der Waals surface area contributed by atoms with Gasteiger partial charge in [0.05, 0.1) is 11.1 Å². The van der Waals surface area contributed by atoms with E-state index >= 15 is 0 Å². The van der Waals surface area contributed by atoms with Crippen molar-refractivity contribution < 1.29 is 9.90 Å². The Morgan fingerprint density at radius 3 is 2.76 bits per heavy atom. The molecular weight excluding hydrogens is 236 g/mol. The third kappa shape index (κ3) is 5.19. The van der Waals surface area contributed by atoms with Crippen molar-refractivity contribution in [1.29, 1.82) is 0 Å². The average Bonchev–Trinajstić information content (AvgIpc) is 2.68. The van der Waals surface area contributed by atoms with E-state index in [2.05, 4.69) is 10.6 Å². The quantitative estimate of drug-likeness (QED) is 0.775. The van der Waals surface area contributed by atoms with Crippen molar-refractivity contribution in [3.8, 4) is 0 Å². The molecule has 0 spiro atoms. The lowest BCUT2D eigenvalue weighted by molar-refractivity contribution is 0.0565. The number of amides is 2. The first-order valence-electron chi connectivity index (χ1n) is 5.66. The van der Waals surface area contributed by atoms with Crippen LogP contribution in [-0.2, 0) is 0 Å². The Morgan fingerprint density at radius 1 is 1.53 bits per heavy atom. The Kier molecular flexibility index (Phi) is 4.96. The van der Waals surface area contributed by atoms with Crippen LogP contribution in [0.4, 0.5) is 9.80 Å². The summed E-state index contributed by atoms with van der Waals surface area (Å²) < 4.78 is 0. The summed E-state index contributed by atoms with van der Waals surface area (Å²) in [5.41, 5.74) is -0.147. The molecule has 1 heterocycles. The first-order valence-corrected chi connectivity index (χ1v) is 6.54. The van der Waals surface area contributed by atoms with Crippen molar-refractivity contribution >= 4 is 22.4 Å². The van der Waals surface area contributed by atoms with Gasteiger partial charge in [-0.15, -0.1) is 11.3 Å². The SMILES string of the molecule is CC(C)(C)C(O)CCNC(=O)Nc1cccs1. The molecule has 0 saturated heterocycles. The fraction of sp³-hybridized carbons (Fsp3) is 0.583. The molecule has 1 rings (SSSR count). The molecule has 0 fully saturated rings. The van der Waals surface area contributed by atoms with Crippen molar-refractivity contribution in [2.45, 2.75) is 33.3 Å². The minimum Gasteiger partial charge on any atom is -0.393 e. The second-order valence-electron chi connectivity index (χ2n) is 5.03. The number of urea groups is 1. The second-order valence-corrected chi connectivity index (χ2v) is 5.98. The molecule has 4 nitrogen and oxygen atoms in total. The molecule has 1 aromatic heterocycles. The Balaban J connectivity index is 2.21. The number of nitrogens with one attached hydrogen (secondary N) is 2. The van der Waals surface area contributed by atoms with Crippen LogP contribution in [0.1, 0.15) is 27.2 Å². The minimum absolute atomic E-state index is 0.147. The fourth-order valence-electron chi connectivity index (χ4n) is 1.26. The number of rotatable bonds is 4. The molecular formula is C12H20N2O2S. The fourth-order valence-corrected chi connectivity index (χ4v) is 1.87. The lowest BCUT2D eigenvalue weighted by Gasteiger charge is -2.25. The van der Waals surface area contributed by atoms with Crippen molar-refractivity contribution in [2.75, 3.05) is 11.9 Å². The van der Waals surface area contributed by atoms with Crippen LogP contribution >= 0.6 is 11.3 Å². The van der Waals surface area contributed by atoms with Crippen molar-refractivity contribution in [3.63, 3.8) is 0 Å². The summed E-state index contributed by atoms with van der Waals surface area (Å²) in [5, 5.41) is 17.9. The number of aliphatic hydroxyl groups is 1. The maximum atomic E-state index is 11.4. The molecule has 5 heteroatoms. The second kappa shape index (κ2) is 6.02. The molecule has 0 aliphatic carbocycles. The van der Waals surface area contributed by atoms with Gasteiger partial charge in [-0.25, -0.2) is 4.79 Å². The molecule has 1 aromatic rings. The molecule has 0 bridgehead atoms. The smallest absolute Gasteiger partial charge is 0.319 e. The number of hydrogen-bond acceptors (Lipinski definition) is 3. The lowest BCUT2D eigenvalue weighted by atomic mass is 9.87. The third-order valence-corrected chi connectivity index (χ3v) is 3.25. The van der Waals surface area contributed by atoms with E-state index in [4.69, 9.17) is 0 Å². The summed E-state index contributed by atoms with van der Waals surface area (Å²) in [4.78, 5) is 11.4. The maximum Gasteiger partial charge on any atom is 0.319 e.